The monoisotopic (exact) mass is 306 g/mol. The molecular formula is C17H14N4O2. The summed E-state index contributed by atoms with van der Waals surface area (Å²) >= 11 is 0. The normalized spacial score (nSPS) is 11.3. The van der Waals surface area contributed by atoms with Crippen LogP contribution in [-0.4, -0.2) is 19.5 Å². The predicted octanol–water partition coefficient (Wildman–Crippen LogP) is 3.67. The standard InChI is InChI=1S/C17H14N4O2/c22-21(23)13-5-6-17-16(9-13)19-11-20(17)8-7-12-10-18-15-4-2-1-3-14(12)15/h1-6,9-11,18H,7-8H2. The number of nitrogens with zero attached hydrogens (tertiary/aromatic N) is 3. The van der Waals surface area contributed by atoms with Gasteiger partial charge in [-0.15, -0.1) is 0 Å². The predicted molar refractivity (Wildman–Crippen MR) is 88.4 cm³/mol. The van der Waals surface area contributed by atoms with Gasteiger partial charge in [0.2, 0.25) is 0 Å². The number of fused-ring (bicyclic) bond motifs is 2. The summed E-state index contributed by atoms with van der Waals surface area (Å²) in [5, 5.41) is 12.1. The fourth-order valence-electron chi connectivity index (χ4n) is 2.92. The summed E-state index contributed by atoms with van der Waals surface area (Å²) in [7, 11) is 0. The van der Waals surface area contributed by atoms with Crippen LogP contribution in [0, 0.1) is 10.1 Å². The van der Waals surface area contributed by atoms with Crippen molar-refractivity contribution in [3.63, 3.8) is 0 Å². The Morgan fingerprint density at radius 2 is 2.09 bits per heavy atom. The molecule has 23 heavy (non-hydrogen) atoms. The summed E-state index contributed by atoms with van der Waals surface area (Å²) in [4.78, 5) is 18.0. The topological polar surface area (TPSA) is 76.8 Å². The van der Waals surface area contributed by atoms with Gasteiger partial charge in [-0.25, -0.2) is 4.98 Å². The summed E-state index contributed by atoms with van der Waals surface area (Å²) in [5.41, 5.74) is 4.02. The highest BCUT2D eigenvalue weighted by Crippen LogP contribution is 2.22. The van der Waals surface area contributed by atoms with Crippen molar-refractivity contribution in [3.8, 4) is 0 Å². The molecule has 0 aliphatic rings. The van der Waals surface area contributed by atoms with Crippen LogP contribution in [0.15, 0.2) is 55.0 Å². The van der Waals surface area contributed by atoms with Crippen LogP contribution >= 0.6 is 0 Å². The van der Waals surface area contributed by atoms with E-state index in [1.165, 1.54) is 23.1 Å². The molecule has 114 valence electrons. The van der Waals surface area contributed by atoms with Gasteiger partial charge in [-0.3, -0.25) is 10.1 Å². The SMILES string of the molecule is O=[N+]([O-])c1ccc2c(c1)ncn2CCc1c[nH]c2ccccc12. The zero-order valence-electron chi connectivity index (χ0n) is 12.3. The number of H-pyrrole nitrogens is 1. The number of hydrogen-bond donors (Lipinski definition) is 1. The number of aromatic nitrogens is 3. The third kappa shape index (κ3) is 2.34. The highest BCUT2D eigenvalue weighted by Gasteiger charge is 2.10. The van der Waals surface area contributed by atoms with Gasteiger partial charge in [0, 0.05) is 35.8 Å². The van der Waals surface area contributed by atoms with Crippen molar-refractivity contribution in [2.45, 2.75) is 13.0 Å². The number of hydrogen-bond acceptors (Lipinski definition) is 3. The number of nitro benzene ring substituents is 1. The van der Waals surface area contributed by atoms with Crippen molar-refractivity contribution in [2.24, 2.45) is 0 Å². The van der Waals surface area contributed by atoms with Crippen molar-refractivity contribution in [1.29, 1.82) is 0 Å². The zero-order chi connectivity index (χ0) is 15.8. The van der Waals surface area contributed by atoms with Crippen LogP contribution in [0.25, 0.3) is 21.9 Å². The second-order valence-electron chi connectivity index (χ2n) is 5.48. The number of aryl methyl sites for hydroxylation is 2. The molecule has 2 aromatic heterocycles. The molecule has 2 aromatic carbocycles. The molecule has 0 saturated heterocycles. The molecule has 0 saturated carbocycles. The Hall–Kier alpha value is -3.15. The van der Waals surface area contributed by atoms with E-state index >= 15 is 0 Å². The van der Waals surface area contributed by atoms with Crippen LogP contribution in [0.5, 0.6) is 0 Å². The third-order valence-corrected chi connectivity index (χ3v) is 4.11. The summed E-state index contributed by atoms with van der Waals surface area (Å²) in [5.74, 6) is 0. The van der Waals surface area contributed by atoms with Gasteiger partial charge in [0.1, 0.15) is 0 Å². The molecule has 0 spiro atoms. The zero-order valence-corrected chi connectivity index (χ0v) is 12.3. The fraction of sp³-hybridized carbons (Fsp3) is 0.118. The molecule has 1 N–H and O–H groups in total. The molecule has 4 rings (SSSR count). The van der Waals surface area contributed by atoms with Crippen molar-refractivity contribution in [1.82, 2.24) is 14.5 Å². The first-order valence-electron chi connectivity index (χ1n) is 7.36. The molecule has 0 aliphatic carbocycles. The van der Waals surface area contributed by atoms with Gasteiger partial charge in [0.15, 0.2) is 0 Å². The quantitative estimate of drug-likeness (QED) is 0.461. The van der Waals surface area contributed by atoms with Gasteiger partial charge in [0.05, 0.1) is 22.3 Å². The van der Waals surface area contributed by atoms with E-state index in [-0.39, 0.29) is 5.69 Å². The van der Waals surface area contributed by atoms with Crippen molar-refractivity contribution in [3.05, 3.63) is 70.7 Å². The summed E-state index contributed by atoms with van der Waals surface area (Å²) in [6, 6.07) is 13.0. The maximum absolute atomic E-state index is 10.8. The molecule has 0 amide bonds. The highest BCUT2D eigenvalue weighted by atomic mass is 16.6. The average Bonchev–Trinajstić information content (AvgIpc) is 3.16. The molecule has 6 nitrogen and oxygen atoms in total. The molecular weight excluding hydrogens is 292 g/mol. The minimum atomic E-state index is -0.398. The first-order chi connectivity index (χ1) is 11.2. The fourth-order valence-corrected chi connectivity index (χ4v) is 2.92. The Labute approximate surface area is 131 Å². The van der Waals surface area contributed by atoms with Crippen LogP contribution in [0.3, 0.4) is 0 Å². The van der Waals surface area contributed by atoms with E-state index in [1.807, 2.05) is 22.9 Å². The molecule has 6 heteroatoms. The Bertz CT molecular complexity index is 1020. The van der Waals surface area contributed by atoms with Gasteiger partial charge in [-0.2, -0.15) is 0 Å². The lowest BCUT2D eigenvalue weighted by molar-refractivity contribution is -0.384. The highest BCUT2D eigenvalue weighted by molar-refractivity contribution is 5.83. The Balaban J connectivity index is 1.62. The first kappa shape index (κ1) is 13.5. The van der Waals surface area contributed by atoms with E-state index in [9.17, 15) is 10.1 Å². The van der Waals surface area contributed by atoms with E-state index in [0.29, 0.717) is 5.52 Å². The number of nitro groups is 1. The van der Waals surface area contributed by atoms with Crippen molar-refractivity contribution >= 4 is 27.6 Å². The second kappa shape index (κ2) is 5.24. The van der Waals surface area contributed by atoms with Crippen molar-refractivity contribution in [2.75, 3.05) is 0 Å². The molecule has 0 atom stereocenters. The molecule has 0 bridgehead atoms. The second-order valence-corrected chi connectivity index (χ2v) is 5.48. The number of benzene rings is 2. The van der Waals surface area contributed by atoms with Gasteiger partial charge in [0.25, 0.3) is 5.69 Å². The molecule has 0 aliphatic heterocycles. The van der Waals surface area contributed by atoms with Crippen LogP contribution in [0.1, 0.15) is 5.56 Å². The largest absolute Gasteiger partial charge is 0.361 e. The lowest BCUT2D eigenvalue weighted by Gasteiger charge is -2.04. The number of non-ortho nitro benzene ring substituents is 1. The lowest BCUT2D eigenvalue weighted by Crippen LogP contribution is -1.99. The smallest absolute Gasteiger partial charge is 0.271 e. The van der Waals surface area contributed by atoms with E-state index in [1.54, 1.807) is 12.4 Å². The van der Waals surface area contributed by atoms with Crippen LogP contribution in [0.2, 0.25) is 0 Å². The Morgan fingerprint density at radius 1 is 1.22 bits per heavy atom. The van der Waals surface area contributed by atoms with Crippen molar-refractivity contribution < 1.29 is 4.92 Å². The van der Waals surface area contributed by atoms with E-state index < -0.39 is 4.92 Å². The number of imidazole rings is 1. The molecule has 0 radical (unpaired) electrons. The third-order valence-electron chi connectivity index (χ3n) is 4.11. The van der Waals surface area contributed by atoms with Gasteiger partial charge < -0.3 is 9.55 Å². The van der Waals surface area contributed by atoms with Gasteiger partial charge in [-0.05, 0) is 24.1 Å². The number of nitrogens with one attached hydrogen (secondary N) is 1. The minimum Gasteiger partial charge on any atom is -0.361 e. The maximum atomic E-state index is 10.8. The average molecular weight is 306 g/mol. The van der Waals surface area contributed by atoms with Crippen LogP contribution < -0.4 is 0 Å². The van der Waals surface area contributed by atoms with Gasteiger partial charge >= 0.3 is 0 Å². The molecule has 2 heterocycles. The lowest BCUT2D eigenvalue weighted by atomic mass is 10.1. The van der Waals surface area contributed by atoms with Gasteiger partial charge in [-0.1, -0.05) is 18.2 Å². The maximum Gasteiger partial charge on any atom is 0.271 e. The summed E-state index contributed by atoms with van der Waals surface area (Å²) in [6.07, 6.45) is 4.64. The summed E-state index contributed by atoms with van der Waals surface area (Å²) < 4.78 is 2.03. The molecule has 0 unspecified atom stereocenters. The number of para-hydroxylation sites is 1. The van der Waals surface area contributed by atoms with Crippen LogP contribution in [-0.2, 0) is 13.0 Å². The van der Waals surface area contributed by atoms with E-state index in [0.717, 1.165) is 24.0 Å². The number of aromatic amines is 1. The minimum absolute atomic E-state index is 0.0689. The van der Waals surface area contributed by atoms with E-state index in [4.69, 9.17) is 0 Å². The Kier molecular flexibility index (Phi) is 3.08. The number of rotatable bonds is 4. The first-order valence-corrected chi connectivity index (χ1v) is 7.36. The van der Waals surface area contributed by atoms with E-state index in [2.05, 4.69) is 22.1 Å². The molecule has 4 aromatic rings. The molecule has 0 fully saturated rings. The van der Waals surface area contributed by atoms with Crippen LogP contribution in [0.4, 0.5) is 5.69 Å². The summed E-state index contributed by atoms with van der Waals surface area (Å²) in [6.45, 7) is 0.774. The Morgan fingerprint density at radius 3 is 2.96 bits per heavy atom.